The molecule has 22 heavy (non-hydrogen) atoms. The van der Waals surface area contributed by atoms with Gasteiger partial charge in [-0.3, -0.25) is 4.79 Å². The summed E-state index contributed by atoms with van der Waals surface area (Å²) >= 11 is 0. The van der Waals surface area contributed by atoms with Crippen LogP contribution in [0.25, 0.3) is 0 Å². The lowest BCUT2D eigenvalue weighted by Crippen LogP contribution is -2.58. The number of hydrogen-bond donors (Lipinski definition) is 1. The van der Waals surface area contributed by atoms with Crippen molar-refractivity contribution in [3.05, 3.63) is 35.4 Å². The number of halogens is 1. The normalized spacial score (nSPS) is 34.0. The number of methoxy groups -OCH3 is 1. The Kier molecular flexibility index (Phi) is 3.98. The molecule has 0 aromatic heterocycles. The molecule has 1 aromatic rings. The fraction of sp³-hybridized carbons (Fsp3) is 0.588. The zero-order valence-electron chi connectivity index (χ0n) is 15.7. The van der Waals surface area contributed by atoms with Gasteiger partial charge in [0.15, 0.2) is 0 Å². The van der Waals surface area contributed by atoms with Gasteiger partial charge in [0.2, 0.25) is 5.91 Å². The van der Waals surface area contributed by atoms with Gasteiger partial charge in [-0.1, -0.05) is 18.6 Å². The Hall–Kier alpha value is -1.10. The van der Waals surface area contributed by atoms with Crippen molar-refractivity contribution in [2.75, 3.05) is 27.2 Å². The molecule has 1 aliphatic carbocycles. The summed E-state index contributed by atoms with van der Waals surface area (Å²) in [5.74, 6) is -0.301. The number of likely N-dealkylation sites (tertiary alicyclic amines) is 1. The first-order valence-corrected chi connectivity index (χ1v) is 7.49. The van der Waals surface area contributed by atoms with Gasteiger partial charge in [-0.15, -0.1) is 12.4 Å². The predicted molar refractivity (Wildman–Crippen MR) is 89.2 cm³/mol. The van der Waals surface area contributed by atoms with E-state index in [9.17, 15) is 4.79 Å². The van der Waals surface area contributed by atoms with Gasteiger partial charge >= 0.3 is 0 Å². The predicted octanol–water partition coefficient (Wildman–Crippen LogP) is 2.41. The van der Waals surface area contributed by atoms with Crippen LogP contribution in [0.3, 0.4) is 0 Å². The molecule has 4 nitrogen and oxygen atoms in total. The maximum Gasteiger partial charge on any atom is 0.248 e. The number of ether oxygens (including phenoxy) is 1. The highest BCUT2D eigenvalue weighted by Crippen LogP contribution is 2.51. The standard InChI is InChI=1S/C17H24N2O2.ClH/c1-19-10-14-7-4-8-15(11-19)17(14,21-2)13-6-3-5-12(9-13)16(18)20;/h3,5-6,9,14-15H,4,7-8,10-11H2,1-2H3,(H2,18,20);1H/i1D3;. The average Bonchev–Trinajstić information content (AvgIpc) is 2.52. The van der Waals surface area contributed by atoms with Gasteiger partial charge in [0, 0.05) is 41.7 Å². The molecule has 3 rings (SSSR count). The van der Waals surface area contributed by atoms with E-state index in [0.717, 1.165) is 24.8 Å². The first-order chi connectivity index (χ1) is 11.3. The van der Waals surface area contributed by atoms with E-state index in [2.05, 4.69) is 0 Å². The molecule has 0 radical (unpaired) electrons. The number of benzene rings is 1. The summed E-state index contributed by atoms with van der Waals surface area (Å²) in [5.41, 5.74) is 6.27. The fourth-order valence-corrected chi connectivity index (χ4v) is 4.27. The summed E-state index contributed by atoms with van der Waals surface area (Å²) in [6, 6.07) is 7.29. The van der Waals surface area contributed by atoms with Crippen LogP contribution in [0.4, 0.5) is 0 Å². The Bertz CT molecular complexity index is 625. The number of rotatable bonds is 3. The molecule has 1 heterocycles. The number of carbonyl (C=O) groups excluding carboxylic acids is 1. The van der Waals surface area contributed by atoms with Crippen LogP contribution < -0.4 is 5.73 Å². The summed E-state index contributed by atoms with van der Waals surface area (Å²) in [6.07, 6.45) is 2.90. The number of primary amides is 1. The highest BCUT2D eigenvalue weighted by Gasteiger charge is 2.52. The Morgan fingerprint density at radius 1 is 1.41 bits per heavy atom. The second-order valence-corrected chi connectivity index (χ2v) is 6.17. The van der Waals surface area contributed by atoms with Gasteiger partial charge in [0.05, 0.1) is 0 Å². The van der Waals surface area contributed by atoms with E-state index in [4.69, 9.17) is 14.6 Å². The molecular weight excluding hydrogens is 300 g/mol. The maximum atomic E-state index is 11.6. The van der Waals surface area contributed by atoms with Crippen LogP contribution in [0.2, 0.25) is 0 Å². The van der Waals surface area contributed by atoms with Crippen LogP contribution in [-0.4, -0.2) is 38.0 Å². The fourth-order valence-electron chi connectivity index (χ4n) is 4.27. The van der Waals surface area contributed by atoms with Crippen molar-refractivity contribution < 1.29 is 13.6 Å². The summed E-state index contributed by atoms with van der Waals surface area (Å²) in [5, 5.41) is 0. The molecule has 2 aliphatic rings. The third kappa shape index (κ3) is 2.64. The topological polar surface area (TPSA) is 55.6 Å². The summed E-state index contributed by atoms with van der Waals surface area (Å²) in [6.45, 7) is -1.13. The first-order valence-electron chi connectivity index (χ1n) is 8.99. The van der Waals surface area contributed by atoms with E-state index >= 15 is 0 Å². The lowest BCUT2D eigenvalue weighted by Gasteiger charge is -2.54. The van der Waals surface area contributed by atoms with Gasteiger partial charge in [0.1, 0.15) is 5.60 Å². The quantitative estimate of drug-likeness (QED) is 0.927. The number of nitrogens with two attached hydrogens (primary N) is 1. The molecule has 1 saturated heterocycles. The highest BCUT2D eigenvalue weighted by atomic mass is 35.5. The van der Waals surface area contributed by atoms with Crippen LogP contribution in [0.1, 0.15) is 39.3 Å². The van der Waals surface area contributed by atoms with Crippen molar-refractivity contribution in [3.8, 4) is 0 Å². The van der Waals surface area contributed by atoms with Gasteiger partial charge in [-0.25, -0.2) is 0 Å². The van der Waals surface area contributed by atoms with Gasteiger partial charge in [-0.2, -0.15) is 0 Å². The van der Waals surface area contributed by atoms with Gasteiger partial charge in [0.25, 0.3) is 0 Å². The molecule has 1 aromatic carbocycles. The van der Waals surface area contributed by atoms with E-state index in [1.54, 1.807) is 18.1 Å². The Morgan fingerprint density at radius 2 is 2.09 bits per heavy atom. The Labute approximate surface area is 142 Å². The monoisotopic (exact) mass is 327 g/mol. The molecule has 2 bridgehead atoms. The summed E-state index contributed by atoms with van der Waals surface area (Å²) in [7, 11) is 1.69. The highest BCUT2D eigenvalue weighted by molar-refractivity contribution is 5.92. The Morgan fingerprint density at radius 3 is 2.64 bits per heavy atom. The van der Waals surface area contributed by atoms with E-state index in [1.165, 1.54) is 0 Å². The average molecular weight is 328 g/mol. The SMILES string of the molecule is Cl.[2H]C([2H])([2H])N1CC2CCCC(C1)C2(OC)c1cccc(C(N)=O)c1. The second-order valence-electron chi connectivity index (χ2n) is 6.17. The van der Waals surface area contributed by atoms with E-state index in [1.807, 2.05) is 18.2 Å². The van der Waals surface area contributed by atoms with Gasteiger partial charge in [-0.05, 0) is 37.5 Å². The van der Waals surface area contributed by atoms with E-state index < -0.39 is 18.5 Å². The lowest BCUT2D eigenvalue weighted by atomic mass is 9.62. The van der Waals surface area contributed by atoms with Crippen molar-refractivity contribution in [2.45, 2.75) is 24.9 Å². The van der Waals surface area contributed by atoms with Crippen molar-refractivity contribution in [1.82, 2.24) is 4.90 Å². The first kappa shape index (κ1) is 13.3. The van der Waals surface area contributed by atoms with Crippen LogP contribution in [-0.2, 0) is 10.3 Å². The molecule has 122 valence electrons. The van der Waals surface area contributed by atoms with Crippen LogP contribution in [0.5, 0.6) is 0 Å². The van der Waals surface area contributed by atoms with E-state index in [0.29, 0.717) is 18.7 Å². The van der Waals surface area contributed by atoms with Crippen LogP contribution in [0.15, 0.2) is 24.3 Å². The summed E-state index contributed by atoms with van der Waals surface area (Å²) in [4.78, 5) is 13.2. The molecule has 0 spiro atoms. The van der Waals surface area contributed by atoms with Crippen LogP contribution >= 0.6 is 12.4 Å². The van der Waals surface area contributed by atoms with Crippen LogP contribution in [0, 0.1) is 11.8 Å². The molecule has 2 fully saturated rings. The molecule has 5 heteroatoms. The lowest BCUT2D eigenvalue weighted by molar-refractivity contribution is -0.165. The smallest absolute Gasteiger partial charge is 0.248 e. The second kappa shape index (κ2) is 6.57. The maximum absolute atomic E-state index is 11.6. The molecule has 1 saturated carbocycles. The number of carbonyl (C=O) groups is 1. The molecule has 2 unspecified atom stereocenters. The molecule has 1 aliphatic heterocycles. The largest absolute Gasteiger partial charge is 0.373 e. The molecule has 1 amide bonds. The Balaban J connectivity index is 0.00000225. The zero-order chi connectivity index (χ0) is 17.5. The number of piperidine rings is 1. The van der Waals surface area contributed by atoms with Crippen molar-refractivity contribution in [2.24, 2.45) is 17.6 Å². The van der Waals surface area contributed by atoms with Crippen molar-refractivity contribution in [1.29, 1.82) is 0 Å². The molecule has 2 N–H and O–H groups in total. The molecule has 2 atom stereocenters. The third-order valence-electron chi connectivity index (χ3n) is 5.14. The number of fused-ring (bicyclic) bond motifs is 2. The van der Waals surface area contributed by atoms with Crippen molar-refractivity contribution in [3.63, 3.8) is 0 Å². The number of amides is 1. The van der Waals surface area contributed by atoms with Gasteiger partial charge < -0.3 is 15.4 Å². The van der Waals surface area contributed by atoms with E-state index in [-0.39, 0.29) is 24.2 Å². The molecular formula is C17H25ClN2O2. The summed E-state index contributed by atoms with van der Waals surface area (Å²) < 4.78 is 29.3. The number of nitrogens with zero attached hydrogens (tertiary/aromatic N) is 1. The minimum Gasteiger partial charge on any atom is -0.373 e. The minimum absolute atomic E-state index is 0. The third-order valence-corrected chi connectivity index (χ3v) is 5.14. The zero-order valence-corrected chi connectivity index (χ0v) is 13.6. The number of hydrogen-bond acceptors (Lipinski definition) is 3. The minimum atomic E-state index is -2.08. The van der Waals surface area contributed by atoms with Crippen molar-refractivity contribution >= 4 is 18.3 Å².